The van der Waals surface area contributed by atoms with E-state index in [0.29, 0.717) is 19.4 Å². The van der Waals surface area contributed by atoms with E-state index in [0.717, 1.165) is 0 Å². The van der Waals surface area contributed by atoms with Crippen LogP contribution in [-0.4, -0.2) is 155 Å². The van der Waals surface area contributed by atoms with Crippen LogP contribution in [0.3, 0.4) is 0 Å². The van der Waals surface area contributed by atoms with Crippen LogP contribution in [0.4, 0.5) is 0 Å². The molecule has 14 nitrogen and oxygen atoms in total. The number of carbonyl (C=O) groups excluding carboxylic acids is 2. The number of carbonyl (C=O) groups is 2. The van der Waals surface area contributed by atoms with Crippen LogP contribution >= 0.6 is 0 Å². The van der Waals surface area contributed by atoms with Gasteiger partial charge in [-0.15, -0.1) is 0 Å². The van der Waals surface area contributed by atoms with E-state index >= 15 is 0 Å². The quantitative estimate of drug-likeness (QED) is 0.244. The van der Waals surface area contributed by atoms with Gasteiger partial charge >= 0.3 is 0 Å². The van der Waals surface area contributed by atoms with E-state index in [1.165, 1.54) is 7.11 Å². The van der Waals surface area contributed by atoms with Gasteiger partial charge in [0.1, 0.15) is 12.2 Å². The second-order valence-corrected chi connectivity index (χ2v) is 17.3. The number of aliphatic hydroxyl groups excluding tert-OH is 3. The summed E-state index contributed by atoms with van der Waals surface area (Å²) in [5.41, 5.74) is -2.58. The summed E-state index contributed by atoms with van der Waals surface area (Å²) in [6, 6.07) is -0.986. The molecule has 5 N–H and O–H groups in total. The van der Waals surface area contributed by atoms with Gasteiger partial charge in [0.15, 0.2) is 12.6 Å². The summed E-state index contributed by atoms with van der Waals surface area (Å²) in [6.07, 6.45) is -6.85. The predicted molar refractivity (Wildman–Crippen MR) is 195 cm³/mol. The lowest BCUT2D eigenvalue weighted by Gasteiger charge is -2.49. The molecule has 3 fully saturated rings. The Hall–Kier alpha value is -1.46. The summed E-state index contributed by atoms with van der Waals surface area (Å²) >= 11 is 0. The minimum Gasteiger partial charge on any atom is -0.390 e. The van der Waals surface area contributed by atoms with Crippen LogP contribution in [0.2, 0.25) is 0 Å². The molecule has 0 aromatic rings. The Labute approximate surface area is 311 Å². The summed E-state index contributed by atoms with van der Waals surface area (Å²) in [4.78, 5) is 31.1. The van der Waals surface area contributed by atoms with Crippen LogP contribution < -0.4 is 5.32 Å². The number of ether oxygens (including phenoxy) is 5. The molecule has 14 heteroatoms. The van der Waals surface area contributed by atoms with Crippen molar-refractivity contribution in [1.29, 1.82) is 0 Å². The summed E-state index contributed by atoms with van der Waals surface area (Å²) in [6.45, 7) is 16.8. The molecule has 0 aromatic carbocycles. The zero-order valence-electron chi connectivity index (χ0n) is 33.9. The standard InChI is InChI=1S/C38H71N3O11/c1-20(2)14-26-28(42)16-29(43)41(12)19-21(3)17-37(8,47)34(52-36-31(44)27(40(10)11)15-22(4)49-36)23(5)32(24(6)35(46)39-26)51-30-18-38(9,48-13)33(45)25(7)50-30/h20-28,30-34,36,42,44-45,47H,14-19H2,1-13H3,(H,39,46)/t21-,22-,23+,24-,25+,26+,27+,28+,30?,31-,32+,33+,34-,36+,37-,38-/m1/s1. The highest BCUT2D eigenvalue weighted by atomic mass is 16.7. The highest BCUT2D eigenvalue weighted by Crippen LogP contribution is 2.39. The highest BCUT2D eigenvalue weighted by Gasteiger charge is 2.51. The van der Waals surface area contributed by atoms with Gasteiger partial charge in [-0.25, -0.2) is 0 Å². The van der Waals surface area contributed by atoms with Gasteiger partial charge in [-0.05, 0) is 72.9 Å². The number of aliphatic hydroxyl groups is 4. The Balaban J connectivity index is 2.15. The fourth-order valence-corrected chi connectivity index (χ4v) is 8.49. The zero-order chi connectivity index (χ0) is 39.5. The van der Waals surface area contributed by atoms with Gasteiger partial charge < -0.3 is 59.2 Å². The number of amides is 2. The van der Waals surface area contributed by atoms with Crippen molar-refractivity contribution in [2.75, 3.05) is 34.8 Å². The zero-order valence-corrected chi connectivity index (χ0v) is 33.9. The first-order valence-electron chi connectivity index (χ1n) is 19.2. The van der Waals surface area contributed by atoms with Crippen molar-refractivity contribution in [3.05, 3.63) is 0 Å². The molecular formula is C38H71N3O11. The highest BCUT2D eigenvalue weighted by molar-refractivity contribution is 5.80. The third kappa shape index (κ3) is 11.1. The van der Waals surface area contributed by atoms with Crippen LogP contribution in [0.15, 0.2) is 0 Å². The molecule has 3 heterocycles. The first-order valence-corrected chi connectivity index (χ1v) is 19.2. The van der Waals surface area contributed by atoms with Crippen molar-refractivity contribution in [2.45, 2.75) is 173 Å². The fourth-order valence-electron chi connectivity index (χ4n) is 8.49. The van der Waals surface area contributed by atoms with E-state index in [-0.39, 0.29) is 49.2 Å². The number of likely N-dealkylation sites (N-methyl/N-ethyl adjacent to an activating group) is 1. The Bertz CT molecular complexity index is 1160. The molecule has 304 valence electrons. The molecule has 3 aliphatic heterocycles. The largest absolute Gasteiger partial charge is 0.390 e. The van der Waals surface area contributed by atoms with E-state index in [4.69, 9.17) is 23.7 Å². The first kappa shape index (κ1) is 44.9. The third-order valence-electron chi connectivity index (χ3n) is 11.5. The Morgan fingerprint density at radius 1 is 1.02 bits per heavy atom. The average molecular weight is 746 g/mol. The molecule has 16 atom stereocenters. The minimum absolute atomic E-state index is 0.106. The van der Waals surface area contributed by atoms with Crippen LogP contribution in [0, 0.1) is 23.7 Å². The summed E-state index contributed by atoms with van der Waals surface area (Å²) in [7, 11) is 6.95. The van der Waals surface area contributed by atoms with Crippen molar-refractivity contribution in [3.8, 4) is 0 Å². The smallest absolute Gasteiger partial charge is 0.225 e. The number of nitrogens with zero attached hydrogens (tertiary/aromatic N) is 2. The number of hydrogen-bond donors (Lipinski definition) is 5. The van der Waals surface area contributed by atoms with Gasteiger partial charge in [-0.2, -0.15) is 0 Å². The maximum atomic E-state index is 14.3. The Kier molecular flexibility index (Phi) is 15.9. The molecule has 0 radical (unpaired) electrons. The molecule has 3 aliphatic rings. The lowest BCUT2D eigenvalue weighted by Crippen LogP contribution is -2.61. The molecule has 52 heavy (non-hydrogen) atoms. The molecule has 0 bridgehead atoms. The summed E-state index contributed by atoms with van der Waals surface area (Å²) < 4.78 is 31.5. The van der Waals surface area contributed by atoms with Crippen molar-refractivity contribution in [2.24, 2.45) is 23.7 Å². The second-order valence-electron chi connectivity index (χ2n) is 17.3. The average Bonchev–Trinajstić information content (AvgIpc) is 3.03. The topological polar surface area (TPSA) is 180 Å². The summed E-state index contributed by atoms with van der Waals surface area (Å²) in [5, 5.41) is 49.2. The SMILES string of the molecule is CO[C@]1(C)CC(O[C@H]2[C@H](C)[C@@H](O[C@@H]3O[C@H](C)C[C@H](N(C)C)[C@H]3O)[C@](C)(O)C[C@@H](C)CN(C)C(=O)C[C@H](O)[C@H](CC(C)C)NC(=O)[C@@H]2C)O[C@@H](C)[C@@H]1O. The number of methoxy groups -OCH3 is 1. The lowest BCUT2D eigenvalue weighted by molar-refractivity contribution is -0.317. The van der Waals surface area contributed by atoms with Gasteiger partial charge in [-0.1, -0.05) is 34.6 Å². The van der Waals surface area contributed by atoms with Crippen molar-refractivity contribution in [3.63, 3.8) is 0 Å². The van der Waals surface area contributed by atoms with Crippen LogP contribution in [0.1, 0.15) is 94.4 Å². The molecule has 2 amide bonds. The van der Waals surface area contributed by atoms with Gasteiger partial charge in [0.05, 0.1) is 60.1 Å². The molecule has 3 rings (SSSR count). The molecule has 0 aromatic heterocycles. The van der Waals surface area contributed by atoms with E-state index < -0.39 is 84.2 Å². The van der Waals surface area contributed by atoms with Gasteiger partial charge in [0, 0.05) is 39.1 Å². The lowest BCUT2D eigenvalue weighted by atomic mass is 9.77. The molecule has 3 saturated heterocycles. The van der Waals surface area contributed by atoms with E-state index in [2.05, 4.69) is 5.32 Å². The first-order chi connectivity index (χ1) is 24.0. The Morgan fingerprint density at radius 3 is 2.23 bits per heavy atom. The molecule has 0 saturated carbocycles. The van der Waals surface area contributed by atoms with Crippen LogP contribution in [0.25, 0.3) is 0 Å². The maximum Gasteiger partial charge on any atom is 0.225 e. The van der Waals surface area contributed by atoms with Crippen molar-refractivity contribution in [1.82, 2.24) is 15.1 Å². The van der Waals surface area contributed by atoms with Gasteiger partial charge in [0.25, 0.3) is 0 Å². The maximum absolute atomic E-state index is 14.3. The number of hydrogen-bond acceptors (Lipinski definition) is 12. The van der Waals surface area contributed by atoms with E-state index in [9.17, 15) is 30.0 Å². The van der Waals surface area contributed by atoms with E-state index in [1.54, 1.807) is 39.6 Å². The van der Waals surface area contributed by atoms with Crippen LogP contribution in [0.5, 0.6) is 0 Å². The second kappa shape index (κ2) is 18.4. The van der Waals surface area contributed by atoms with Gasteiger partial charge in [0.2, 0.25) is 11.8 Å². The molecule has 0 aliphatic carbocycles. The van der Waals surface area contributed by atoms with Crippen molar-refractivity contribution >= 4 is 11.8 Å². The Morgan fingerprint density at radius 2 is 1.65 bits per heavy atom. The molecular weight excluding hydrogens is 674 g/mol. The summed E-state index contributed by atoms with van der Waals surface area (Å²) in [5.74, 6) is -2.41. The van der Waals surface area contributed by atoms with E-state index in [1.807, 2.05) is 53.6 Å². The number of rotatable bonds is 8. The predicted octanol–water partition coefficient (Wildman–Crippen LogP) is 1.89. The minimum atomic E-state index is -1.57. The molecule has 1 unspecified atom stereocenters. The van der Waals surface area contributed by atoms with Crippen molar-refractivity contribution < 1.29 is 53.7 Å². The van der Waals surface area contributed by atoms with Crippen LogP contribution in [-0.2, 0) is 33.3 Å². The fraction of sp³-hybridized carbons (Fsp3) is 0.947. The number of nitrogens with one attached hydrogen (secondary N) is 1. The third-order valence-corrected chi connectivity index (χ3v) is 11.5. The molecule has 0 spiro atoms. The normalized spacial score (nSPS) is 45.1. The monoisotopic (exact) mass is 746 g/mol. The van der Waals surface area contributed by atoms with Gasteiger partial charge in [-0.3, -0.25) is 9.59 Å².